The summed E-state index contributed by atoms with van der Waals surface area (Å²) < 4.78 is 5.42. The molecule has 0 aromatic heterocycles. The predicted molar refractivity (Wildman–Crippen MR) is 75.4 cm³/mol. The normalized spacial score (nSPS) is 11.3. The smallest absolute Gasteiger partial charge is 0.210 e. The number of hydrogen-bond acceptors (Lipinski definition) is 3. The molecule has 4 N–H and O–H groups in total. The highest BCUT2D eigenvalue weighted by atomic mass is 16.5. The van der Waals surface area contributed by atoms with Gasteiger partial charge in [-0.15, -0.1) is 0 Å². The molecule has 100 valence electrons. The third kappa shape index (κ3) is 6.22. The van der Waals surface area contributed by atoms with Crippen molar-refractivity contribution < 1.29 is 4.74 Å². The third-order valence-electron chi connectivity index (χ3n) is 2.32. The van der Waals surface area contributed by atoms with E-state index in [1.807, 2.05) is 30.3 Å². The average Bonchev–Trinajstić information content (AvgIpc) is 2.42. The highest BCUT2D eigenvalue weighted by Gasteiger charge is 1.96. The molecule has 0 heterocycles. The number of hydrazine groups is 1. The lowest BCUT2D eigenvalue weighted by molar-refractivity contribution is 0.139. The van der Waals surface area contributed by atoms with E-state index in [0.29, 0.717) is 19.1 Å². The summed E-state index contributed by atoms with van der Waals surface area (Å²) in [6.07, 6.45) is 2.24. The van der Waals surface area contributed by atoms with Crippen LogP contribution in [0.1, 0.15) is 19.8 Å². The predicted octanol–water partition coefficient (Wildman–Crippen LogP) is 1.73. The highest BCUT2D eigenvalue weighted by Crippen LogP contribution is 2.03. The lowest BCUT2D eigenvalue weighted by Crippen LogP contribution is -2.36. The van der Waals surface area contributed by atoms with E-state index < -0.39 is 0 Å². The van der Waals surface area contributed by atoms with Gasteiger partial charge in [0.2, 0.25) is 5.96 Å². The van der Waals surface area contributed by atoms with Crippen LogP contribution in [0, 0.1) is 0 Å². The van der Waals surface area contributed by atoms with Gasteiger partial charge >= 0.3 is 0 Å². The molecule has 1 rings (SSSR count). The first kappa shape index (κ1) is 14.5. The van der Waals surface area contributed by atoms with E-state index in [2.05, 4.69) is 22.7 Å². The molecule has 0 aliphatic heterocycles. The van der Waals surface area contributed by atoms with Crippen molar-refractivity contribution in [2.75, 3.05) is 25.1 Å². The number of ether oxygens (including phenoxy) is 1. The fraction of sp³-hybridized carbons (Fsp3) is 0.462. The molecule has 18 heavy (non-hydrogen) atoms. The Kier molecular flexibility index (Phi) is 7.59. The average molecular weight is 250 g/mol. The van der Waals surface area contributed by atoms with Crippen LogP contribution < -0.4 is 16.6 Å². The number of benzene rings is 1. The number of hydrogen-bond donors (Lipinski definition) is 3. The highest BCUT2D eigenvalue weighted by molar-refractivity contribution is 5.93. The van der Waals surface area contributed by atoms with Crippen molar-refractivity contribution in [2.45, 2.75) is 19.8 Å². The van der Waals surface area contributed by atoms with Gasteiger partial charge in [-0.05, 0) is 18.6 Å². The molecule has 0 saturated heterocycles. The second-order valence-corrected chi connectivity index (χ2v) is 3.83. The number of unbranched alkanes of at least 4 members (excludes halogenated alkanes) is 1. The Morgan fingerprint density at radius 2 is 2.06 bits per heavy atom. The van der Waals surface area contributed by atoms with E-state index >= 15 is 0 Å². The first-order valence-electron chi connectivity index (χ1n) is 6.27. The summed E-state index contributed by atoms with van der Waals surface area (Å²) in [6, 6.07) is 9.75. The van der Waals surface area contributed by atoms with Crippen molar-refractivity contribution in [3.8, 4) is 0 Å². The van der Waals surface area contributed by atoms with Gasteiger partial charge in [0.15, 0.2) is 0 Å². The van der Waals surface area contributed by atoms with Crippen molar-refractivity contribution in [1.29, 1.82) is 0 Å². The molecule has 0 bridgehead atoms. The summed E-state index contributed by atoms with van der Waals surface area (Å²) in [4.78, 5) is 4.28. The van der Waals surface area contributed by atoms with Crippen molar-refractivity contribution in [2.24, 2.45) is 10.8 Å². The van der Waals surface area contributed by atoms with Crippen LogP contribution in [0.25, 0.3) is 0 Å². The number of para-hydroxylation sites is 1. The number of aliphatic imine (C=N–C) groups is 1. The first-order valence-corrected chi connectivity index (χ1v) is 6.27. The van der Waals surface area contributed by atoms with E-state index in [1.54, 1.807) is 0 Å². The maximum absolute atomic E-state index is 5.42. The Bertz CT molecular complexity index is 340. The quantitative estimate of drug-likeness (QED) is 0.227. The summed E-state index contributed by atoms with van der Waals surface area (Å²) in [6.45, 7) is 4.13. The minimum Gasteiger partial charge on any atom is -0.380 e. The van der Waals surface area contributed by atoms with Crippen LogP contribution in [0.2, 0.25) is 0 Å². The maximum atomic E-state index is 5.42. The number of nitrogens with one attached hydrogen (secondary N) is 2. The lowest BCUT2D eigenvalue weighted by atomic mass is 10.3. The fourth-order valence-corrected chi connectivity index (χ4v) is 1.35. The van der Waals surface area contributed by atoms with Crippen molar-refractivity contribution in [3.63, 3.8) is 0 Å². The third-order valence-corrected chi connectivity index (χ3v) is 2.32. The fourth-order valence-electron chi connectivity index (χ4n) is 1.35. The Morgan fingerprint density at radius 1 is 1.28 bits per heavy atom. The van der Waals surface area contributed by atoms with Crippen LogP contribution in [0.4, 0.5) is 5.69 Å². The Balaban J connectivity index is 2.27. The second-order valence-electron chi connectivity index (χ2n) is 3.83. The van der Waals surface area contributed by atoms with Crippen LogP contribution >= 0.6 is 0 Å². The molecule has 1 aromatic carbocycles. The molecule has 0 radical (unpaired) electrons. The zero-order chi connectivity index (χ0) is 13.1. The van der Waals surface area contributed by atoms with Crippen molar-refractivity contribution in [3.05, 3.63) is 30.3 Å². The second kappa shape index (κ2) is 9.44. The molecule has 0 fully saturated rings. The standard InChI is InChI=1S/C13H22N4O/c1-2-3-10-18-11-9-15-13(17-14)16-12-7-5-4-6-8-12/h4-8H,2-3,9-11,14H2,1H3,(H2,15,16,17). The summed E-state index contributed by atoms with van der Waals surface area (Å²) >= 11 is 0. The van der Waals surface area contributed by atoms with E-state index in [-0.39, 0.29) is 0 Å². The van der Waals surface area contributed by atoms with Gasteiger partial charge in [-0.1, -0.05) is 31.5 Å². The number of guanidine groups is 1. The molecule has 0 saturated carbocycles. The molecular formula is C13H22N4O. The van der Waals surface area contributed by atoms with Gasteiger partial charge in [0.05, 0.1) is 13.2 Å². The van der Waals surface area contributed by atoms with Gasteiger partial charge in [0.25, 0.3) is 0 Å². The van der Waals surface area contributed by atoms with Gasteiger partial charge in [0, 0.05) is 12.3 Å². The van der Waals surface area contributed by atoms with E-state index in [9.17, 15) is 0 Å². The molecular weight excluding hydrogens is 228 g/mol. The van der Waals surface area contributed by atoms with Gasteiger partial charge < -0.3 is 10.1 Å². The van der Waals surface area contributed by atoms with E-state index in [1.165, 1.54) is 0 Å². The monoisotopic (exact) mass is 250 g/mol. The van der Waals surface area contributed by atoms with E-state index in [0.717, 1.165) is 25.1 Å². The zero-order valence-corrected chi connectivity index (χ0v) is 10.9. The molecule has 0 unspecified atom stereocenters. The summed E-state index contributed by atoms with van der Waals surface area (Å²) in [5, 5.41) is 3.09. The zero-order valence-electron chi connectivity index (χ0n) is 10.9. The molecule has 0 atom stereocenters. The van der Waals surface area contributed by atoms with Crippen LogP contribution in [0.3, 0.4) is 0 Å². The number of rotatable bonds is 7. The van der Waals surface area contributed by atoms with Crippen molar-refractivity contribution in [1.82, 2.24) is 5.43 Å². The SMILES string of the molecule is CCCCOCCN=C(NN)Nc1ccccc1. The summed E-state index contributed by atoms with van der Waals surface area (Å²) in [5.74, 6) is 5.94. The van der Waals surface area contributed by atoms with Gasteiger partial charge in [0.1, 0.15) is 0 Å². The maximum Gasteiger partial charge on any atom is 0.210 e. The number of anilines is 1. The largest absolute Gasteiger partial charge is 0.380 e. The van der Waals surface area contributed by atoms with Crippen LogP contribution in [0.5, 0.6) is 0 Å². The van der Waals surface area contributed by atoms with Crippen molar-refractivity contribution >= 4 is 11.6 Å². The molecule has 0 aliphatic carbocycles. The topological polar surface area (TPSA) is 71.7 Å². The molecule has 5 heteroatoms. The van der Waals surface area contributed by atoms with Gasteiger partial charge in [-0.3, -0.25) is 5.43 Å². The minimum absolute atomic E-state index is 0.542. The lowest BCUT2D eigenvalue weighted by Gasteiger charge is -2.09. The summed E-state index contributed by atoms with van der Waals surface area (Å²) in [5.41, 5.74) is 3.48. The minimum atomic E-state index is 0.542. The molecule has 0 spiro atoms. The van der Waals surface area contributed by atoms with E-state index in [4.69, 9.17) is 10.6 Å². The van der Waals surface area contributed by atoms with Crippen LogP contribution in [-0.2, 0) is 4.74 Å². The first-order chi connectivity index (χ1) is 8.86. The molecule has 1 aromatic rings. The van der Waals surface area contributed by atoms with Gasteiger partial charge in [-0.25, -0.2) is 10.8 Å². The molecule has 0 aliphatic rings. The summed E-state index contributed by atoms with van der Waals surface area (Å²) in [7, 11) is 0. The molecule has 0 amide bonds. The Hall–Kier alpha value is -1.59. The number of nitrogens with two attached hydrogens (primary N) is 1. The number of nitrogens with zero attached hydrogens (tertiary/aromatic N) is 1. The molecule has 5 nitrogen and oxygen atoms in total. The Labute approximate surface area is 108 Å². The van der Waals surface area contributed by atoms with Gasteiger partial charge in [-0.2, -0.15) is 0 Å². The Morgan fingerprint density at radius 3 is 2.72 bits per heavy atom. The van der Waals surface area contributed by atoms with Crippen LogP contribution in [0.15, 0.2) is 35.3 Å². The van der Waals surface area contributed by atoms with Crippen LogP contribution in [-0.4, -0.2) is 25.7 Å².